The first kappa shape index (κ1) is 21.3. The molecule has 0 fully saturated rings. The number of hydrogen-bond acceptors (Lipinski definition) is 4. The molecule has 1 aliphatic rings. The van der Waals surface area contributed by atoms with Gasteiger partial charge in [0.1, 0.15) is 5.00 Å². The average Bonchev–Trinajstić information content (AvgIpc) is 3.21. The zero-order chi connectivity index (χ0) is 22.9. The van der Waals surface area contributed by atoms with Gasteiger partial charge >= 0.3 is 0 Å². The summed E-state index contributed by atoms with van der Waals surface area (Å²) in [4.78, 5) is 31.7. The Morgan fingerprint density at radius 2 is 1.82 bits per heavy atom. The maximum absolute atomic E-state index is 13.5. The van der Waals surface area contributed by atoms with Crippen LogP contribution in [0.25, 0.3) is 22.2 Å². The molecule has 0 spiro atoms. The van der Waals surface area contributed by atoms with Gasteiger partial charge in [-0.2, -0.15) is 0 Å². The molecule has 5 rings (SSSR count). The minimum absolute atomic E-state index is 0.263. The number of nitrogens with one attached hydrogen (secondary N) is 1. The van der Waals surface area contributed by atoms with Crippen LogP contribution in [0.2, 0.25) is 0 Å². The van der Waals surface area contributed by atoms with Crippen LogP contribution in [0.1, 0.15) is 56.5 Å². The predicted molar refractivity (Wildman–Crippen MR) is 134 cm³/mol. The normalized spacial score (nSPS) is 13.0. The largest absolute Gasteiger partial charge is 0.365 e. The molecule has 2 aromatic carbocycles. The molecule has 1 aliphatic carbocycles. The molecule has 2 aromatic heterocycles. The molecule has 0 saturated heterocycles. The maximum Gasteiger partial charge on any atom is 0.257 e. The highest BCUT2D eigenvalue weighted by Crippen LogP contribution is 2.38. The van der Waals surface area contributed by atoms with E-state index in [0.29, 0.717) is 16.1 Å². The van der Waals surface area contributed by atoms with Crippen LogP contribution < -0.4 is 11.1 Å². The lowest BCUT2D eigenvalue weighted by Gasteiger charge is -2.12. The van der Waals surface area contributed by atoms with Crippen LogP contribution in [0, 0.1) is 0 Å². The number of primary amides is 1. The zero-order valence-corrected chi connectivity index (χ0v) is 19.3. The van der Waals surface area contributed by atoms with Gasteiger partial charge in [-0.15, -0.1) is 11.3 Å². The van der Waals surface area contributed by atoms with E-state index < -0.39 is 5.91 Å². The molecule has 0 atom stereocenters. The van der Waals surface area contributed by atoms with Crippen molar-refractivity contribution >= 4 is 39.1 Å². The number of benzene rings is 2. The molecule has 2 amide bonds. The quantitative estimate of drug-likeness (QED) is 0.401. The van der Waals surface area contributed by atoms with Crippen molar-refractivity contribution in [3.63, 3.8) is 0 Å². The Morgan fingerprint density at radius 3 is 2.58 bits per heavy atom. The summed E-state index contributed by atoms with van der Waals surface area (Å²) in [5, 5.41) is 4.32. The first-order chi connectivity index (χ1) is 16.0. The maximum atomic E-state index is 13.5. The lowest BCUT2D eigenvalue weighted by molar-refractivity contribution is 0.100. The van der Waals surface area contributed by atoms with Crippen LogP contribution in [-0.4, -0.2) is 16.8 Å². The summed E-state index contributed by atoms with van der Waals surface area (Å²) in [6.07, 6.45) is 4.84. The summed E-state index contributed by atoms with van der Waals surface area (Å²) in [6, 6.07) is 17.7. The molecule has 0 aliphatic heterocycles. The number of para-hydroxylation sites is 1. The predicted octanol–water partition coefficient (Wildman–Crippen LogP) is 5.76. The zero-order valence-electron chi connectivity index (χ0n) is 18.5. The number of fused-ring (bicyclic) bond motifs is 2. The van der Waals surface area contributed by atoms with Crippen LogP contribution in [0.15, 0.2) is 54.6 Å². The third kappa shape index (κ3) is 4.02. The number of pyridine rings is 1. The second-order valence-corrected chi connectivity index (χ2v) is 9.46. The molecule has 3 N–H and O–H groups in total. The Bertz CT molecular complexity index is 1370. The minimum Gasteiger partial charge on any atom is -0.365 e. The molecule has 2 heterocycles. The average molecular weight is 456 g/mol. The Labute approximate surface area is 196 Å². The summed E-state index contributed by atoms with van der Waals surface area (Å²) in [6.45, 7) is 2.12. The molecule has 5 nitrogen and oxygen atoms in total. The van der Waals surface area contributed by atoms with Gasteiger partial charge in [0.25, 0.3) is 11.8 Å². The molecule has 4 aromatic rings. The fourth-order valence-electron chi connectivity index (χ4n) is 4.51. The van der Waals surface area contributed by atoms with Crippen LogP contribution in [0.3, 0.4) is 0 Å². The topological polar surface area (TPSA) is 85.1 Å². The Balaban J connectivity index is 1.57. The van der Waals surface area contributed by atoms with Gasteiger partial charge in [-0.05, 0) is 55.4 Å². The van der Waals surface area contributed by atoms with Crippen molar-refractivity contribution in [3.8, 4) is 11.3 Å². The summed E-state index contributed by atoms with van der Waals surface area (Å²) in [5.74, 6) is -0.748. The van der Waals surface area contributed by atoms with E-state index in [0.717, 1.165) is 64.7 Å². The second-order valence-electron chi connectivity index (χ2n) is 8.36. The number of hydrogen-bond donors (Lipinski definition) is 2. The molecule has 166 valence electrons. The Hall–Kier alpha value is -3.51. The Morgan fingerprint density at radius 1 is 1.06 bits per heavy atom. The number of amides is 2. The first-order valence-corrected chi connectivity index (χ1v) is 12.1. The van der Waals surface area contributed by atoms with Crippen molar-refractivity contribution in [2.24, 2.45) is 5.73 Å². The van der Waals surface area contributed by atoms with E-state index in [1.807, 2.05) is 42.5 Å². The van der Waals surface area contributed by atoms with E-state index in [4.69, 9.17) is 10.7 Å². The summed E-state index contributed by atoms with van der Waals surface area (Å²) < 4.78 is 0. The van der Waals surface area contributed by atoms with E-state index in [1.54, 1.807) is 0 Å². The highest BCUT2D eigenvalue weighted by molar-refractivity contribution is 7.17. The fourth-order valence-corrected chi connectivity index (χ4v) is 5.80. The van der Waals surface area contributed by atoms with Crippen LogP contribution in [-0.2, 0) is 19.3 Å². The molecule has 33 heavy (non-hydrogen) atoms. The van der Waals surface area contributed by atoms with Crippen molar-refractivity contribution in [1.82, 2.24) is 4.98 Å². The van der Waals surface area contributed by atoms with Crippen molar-refractivity contribution in [2.45, 2.75) is 39.0 Å². The van der Waals surface area contributed by atoms with E-state index >= 15 is 0 Å². The van der Waals surface area contributed by atoms with Gasteiger partial charge in [0.15, 0.2) is 0 Å². The standard InChI is InChI=1S/C27H25N3O2S/c1-2-16-11-13-17(14-12-16)22-15-20(18-7-3-5-9-21(18)29-22)26(32)30-27-24(25(28)31)19-8-4-6-10-23(19)33-27/h3,5,7,9,11-15H,2,4,6,8,10H2,1H3,(H2,28,31)(H,30,32). The third-order valence-electron chi connectivity index (χ3n) is 6.26. The third-order valence-corrected chi connectivity index (χ3v) is 7.47. The monoisotopic (exact) mass is 455 g/mol. The number of carbonyl (C=O) groups excluding carboxylic acids is 2. The van der Waals surface area contributed by atoms with Crippen molar-refractivity contribution in [3.05, 3.63) is 81.7 Å². The highest BCUT2D eigenvalue weighted by atomic mass is 32.1. The first-order valence-electron chi connectivity index (χ1n) is 11.3. The molecule has 6 heteroatoms. The number of anilines is 1. The summed E-state index contributed by atoms with van der Waals surface area (Å²) >= 11 is 1.47. The van der Waals surface area contributed by atoms with Crippen molar-refractivity contribution in [2.75, 3.05) is 5.32 Å². The van der Waals surface area contributed by atoms with E-state index in [-0.39, 0.29) is 5.91 Å². The number of rotatable bonds is 5. The van der Waals surface area contributed by atoms with Gasteiger partial charge in [-0.25, -0.2) is 4.98 Å². The Kier molecular flexibility index (Phi) is 5.68. The number of thiophene rings is 1. The number of nitrogens with zero attached hydrogens (tertiary/aromatic N) is 1. The van der Waals surface area contributed by atoms with Gasteiger partial charge in [-0.3, -0.25) is 9.59 Å². The molecular weight excluding hydrogens is 430 g/mol. The fraction of sp³-hybridized carbons (Fsp3) is 0.222. The van der Waals surface area contributed by atoms with Gasteiger partial charge in [-0.1, -0.05) is 49.4 Å². The summed E-state index contributed by atoms with van der Waals surface area (Å²) in [5.41, 5.74) is 11.4. The lowest BCUT2D eigenvalue weighted by Crippen LogP contribution is -2.19. The summed E-state index contributed by atoms with van der Waals surface area (Å²) in [7, 11) is 0. The molecule has 0 unspecified atom stereocenters. The van der Waals surface area contributed by atoms with Gasteiger partial charge in [0, 0.05) is 15.8 Å². The minimum atomic E-state index is -0.485. The molecule has 0 radical (unpaired) electrons. The van der Waals surface area contributed by atoms with E-state index in [9.17, 15) is 9.59 Å². The lowest BCUT2D eigenvalue weighted by atomic mass is 9.95. The van der Waals surface area contributed by atoms with Crippen LogP contribution in [0.5, 0.6) is 0 Å². The second kappa shape index (κ2) is 8.79. The van der Waals surface area contributed by atoms with Gasteiger partial charge < -0.3 is 11.1 Å². The van der Waals surface area contributed by atoms with Gasteiger partial charge in [0.2, 0.25) is 0 Å². The highest BCUT2D eigenvalue weighted by Gasteiger charge is 2.26. The van der Waals surface area contributed by atoms with Crippen LogP contribution >= 0.6 is 11.3 Å². The molecule has 0 saturated carbocycles. The van der Waals surface area contributed by atoms with Crippen molar-refractivity contribution < 1.29 is 9.59 Å². The molecule has 0 bridgehead atoms. The van der Waals surface area contributed by atoms with E-state index in [1.165, 1.54) is 16.9 Å². The number of aromatic nitrogens is 1. The van der Waals surface area contributed by atoms with E-state index in [2.05, 4.69) is 24.4 Å². The molecular formula is C27H25N3O2S. The van der Waals surface area contributed by atoms with Gasteiger partial charge in [0.05, 0.1) is 22.3 Å². The SMILES string of the molecule is CCc1ccc(-c2cc(C(=O)Nc3sc4c(c3C(N)=O)CCCC4)c3ccccc3n2)cc1. The smallest absolute Gasteiger partial charge is 0.257 e. The number of nitrogens with two attached hydrogens (primary N) is 1. The van der Waals surface area contributed by atoms with Crippen LogP contribution in [0.4, 0.5) is 5.00 Å². The number of aryl methyl sites for hydroxylation is 2. The van der Waals surface area contributed by atoms with Crippen molar-refractivity contribution in [1.29, 1.82) is 0 Å². The number of carbonyl (C=O) groups is 2.